The van der Waals surface area contributed by atoms with Crippen molar-refractivity contribution in [3.05, 3.63) is 28.2 Å². The van der Waals surface area contributed by atoms with Crippen LogP contribution >= 0.6 is 23.2 Å². The summed E-state index contributed by atoms with van der Waals surface area (Å²) in [4.78, 5) is 11.9. The maximum Gasteiger partial charge on any atom is 0.240 e. The molecule has 1 aromatic carbocycles. The van der Waals surface area contributed by atoms with Gasteiger partial charge in [0.2, 0.25) is 5.91 Å². The Bertz CT molecular complexity index is 663. The third kappa shape index (κ3) is 4.89. The molecule has 3 unspecified atom stereocenters. The van der Waals surface area contributed by atoms with Gasteiger partial charge in [-0.05, 0) is 62.6 Å². The minimum Gasteiger partial charge on any atom is -0.492 e. The first kappa shape index (κ1) is 18.5. The van der Waals surface area contributed by atoms with E-state index in [-0.39, 0.29) is 5.91 Å². The Balaban J connectivity index is 1.36. The van der Waals surface area contributed by atoms with Crippen molar-refractivity contribution in [1.82, 2.24) is 5.43 Å². The minimum absolute atomic E-state index is 0.0756. The van der Waals surface area contributed by atoms with Crippen molar-refractivity contribution in [2.24, 2.45) is 22.9 Å². The van der Waals surface area contributed by atoms with E-state index in [1.54, 1.807) is 18.2 Å². The van der Waals surface area contributed by atoms with Gasteiger partial charge in [0.05, 0.1) is 11.6 Å². The molecule has 0 heterocycles. The Hall–Kier alpha value is -1.26. The predicted octanol–water partition coefficient (Wildman–Crippen LogP) is 5.08. The second-order valence-corrected chi connectivity index (χ2v) is 7.94. The number of ether oxygens (including phenoxy) is 1. The molecule has 136 valence electrons. The highest BCUT2D eigenvalue weighted by molar-refractivity contribution is 6.35. The number of rotatable bonds is 7. The van der Waals surface area contributed by atoms with E-state index in [0.29, 0.717) is 41.2 Å². The molecule has 1 aromatic rings. The number of hydrogen-bond donors (Lipinski definition) is 1. The van der Waals surface area contributed by atoms with Crippen LogP contribution in [0.5, 0.6) is 5.75 Å². The number of hydrogen-bond acceptors (Lipinski definition) is 3. The zero-order valence-corrected chi connectivity index (χ0v) is 15.9. The number of nitrogens with zero attached hydrogens (tertiary/aromatic N) is 1. The van der Waals surface area contributed by atoms with E-state index in [4.69, 9.17) is 27.9 Å². The summed E-state index contributed by atoms with van der Waals surface area (Å²) in [6.45, 7) is 2.46. The molecule has 0 radical (unpaired) electrons. The second kappa shape index (κ2) is 8.41. The molecule has 1 N–H and O–H groups in total. The van der Waals surface area contributed by atoms with Crippen LogP contribution in [0.2, 0.25) is 10.0 Å². The number of nitrogens with one attached hydrogen (secondary N) is 1. The fraction of sp³-hybridized carbons (Fsp3) is 0.579. The zero-order valence-electron chi connectivity index (χ0n) is 14.4. The van der Waals surface area contributed by atoms with Crippen LogP contribution in [0.1, 0.15) is 45.4 Å². The minimum atomic E-state index is -0.0756. The molecule has 3 rings (SSSR count). The van der Waals surface area contributed by atoms with Crippen molar-refractivity contribution < 1.29 is 9.53 Å². The summed E-state index contributed by atoms with van der Waals surface area (Å²) >= 11 is 11.9. The number of carbonyl (C=O) groups is 1. The lowest BCUT2D eigenvalue weighted by Crippen LogP contribution is -2.24. The van der Waals surface area contributed by atoms with Crippen LogP contribution in [0.3, 0.4) is 0 Å². The third-order valence-electron chi connectivity index (χ3n) is 5.33. The SMILES string of the molecule is CC(=NNC(=O)CCCOc1ccc(Cl)cc1Cl)C1CC2CCC1C2. The first-order chi connectivity index (χ1) is 12.0. The topological polar surface area (TPSA) is 50.7 Å². The molecule has 0 spiro atoms. The van der Waals surface area contributed by atoms with Gasteiger partial charge in [0, 0.05) is 23.1 Å². The van der Waals surface area contributed by atoms with Gasteiger partial charge in [0.25, 0.3) is 0 Å². The van der Waals surface area contributed by atoms with E-state index in [1.165, 1.54) is 25.7 Å². The average molecular weight is 383 g/mol. The second-order valence-electron chi connectivity index (χ2n) is 7.10. The Labute approximate surface area is 158 Å². The molecule has 2 fully saturated rings. The summed E-state index contributed by atoms with van der Waals surface area (Å²) in [5.41, 5.74) is 3.76. The molecule has 2 aliphatic carbocycles. The molecule has 3 atom stereocenters. The first-order valence-electron chi connectivity index (χ1n) is 8.94. The molecule has 4 nitrogen and oxygen atoms in total. The number of fused-ring (bicyclic) bond motifs is 2. The maximum atomic E-state index is 11.9. The summed E-state index contributed by atoms with van der Waals surface area (Å²) < 4.78 is 5.58. The van der Waals surface area contributed by atoms with Crippen LogP contribution in [-0.2, 0) is 4.79 Å². The van der Waals surface area contributed by atoms with Gasteiger partial charge in [0.15, 0.2) is 0 Å². The molecular formula is C19H24Cl2N2O2. The van der Waals surface area contributed by atoms with E-state index in [9.17, 15) is 4.79 Å². The van der Waals surface area contributed by atoms with E-state index in [1.807, 2.05) is 6.92 Å². The maximum absolute atomic E-state index is 11.9. The molecule has 25 heavy (non-hydrogen) atoms. The first-order valence-corrected chi connectivity index (χ1v) is 9.69. The van der Waals surface area contributed by atoms with Gasteiger partial charge in [-0.1, -0.05) is 29.6 Å². The number of benzene rings is 1. The highest BCUT2D eigenvalue weighted by atomic mass is 35.5. The summed E-state index contributed by atoms with van der Waals surface area (Å²) in [6.07, 6.45) is 6.26. The van der Waals surface area contributed by atoms with Crippen LogP contribution in [-0.4, -0.2) is 18.2 Å². The van der Waals surface area contributed by atoms with Gasteiger partial charge < -0.3 is 4.74 Å². The van der Waals surface area contributed by atoms with Gasteiger partial charge >= 0.3 is 0 Å². The van der Waals surface area contributed by atoms with Crippen molar-refractivity contribution >= 4 is 34.8 Å². The highest BCUT2D eigenvalue weighted by Crippen LogP contribution is 2.48. The Morgan fingerprint density at radius 1 is 1.32 bits per heavy atom. The fourth-order valence-electron chi connectivity index (χ4n) is 4.05. The van der Waals surface area contributed by atoms with Crippen LogP contribution in [0.15, 0.2) is 23.3 Å². The molecule has 0 aliphatic heterocycles. The van der Waals surface area contributed by atoms with Crippen molar-refractivity contribution in [3.8, 4) is 5.75 Å². The van der Waals surface area contributed by atoms with Gasteiger partial charge in [-0.2, -0.15) is 5.10 Å². The molecule has 1 amide bonds. The Morgan fingerprint density at radius 3 is 2.84 bits per heavy atom. The van der Waals surface area contributed by atoms with Gasteiger partial charge in [-0.15, -0.1) is 0 Å². The molecule has 6 heteroatoms. The van der Waals surface area contributed by atoms with Crippen LogP contribution in [0.25, 0.3) is 0 Å². The summed E-state index contributed by atoms with van der Waals surface area (Å²) in [5.74, 6) is 2.73. The van der Waals surface area contributed by atoms with Gasteiger partial charge in [0.1, 0.15) is 5.75 Å². The van der Waals surface area contributed by atoms with E-state index in [2.05, 4.69) is 10.5 Å². The number of hydrazone groups is 1. The standard InChI is InChI=1S/C19H24Cl2N2O2/c1-12(16-10-13-4-5-14(16)9-13)22-23-19(24)3-2-8-25-18-7-6-15(20)11-17(18)21/h6-7,11,13-14,16H,2-5,8-10H2,1H3,(H,23,24). The van der Waals surface area contributed by atoms with Crippen molar-refractivity contribution in [1.29, 1.82) is 0 Å². The lowest BCUT2D eigenvalue weighted by Gasteiger charge is -2.21. The van der Waals surface area contributed by atoms with Crippen molar-refractivity contribution in [3.63, 3.8) is 0 Å². The number of halogens is 2. The summed E-state index contributed by atoms with van der Waals surface area (Å²) in [6, 6.07) is 5.09. The Morgan fingerprint density at radius 2 is 2.16 bits per heavy atom. The molecule has 2 bridgehead atoms. The van der Waals surface area contributed by atoms with Gasteiger partial charge in [-0.3, -0.25) is 4.79 Å². The average Bonchev–Trinajstić information content (AvgIpc) is 3.21. The molecule has 2 saturated carbocycles. The Kier molecular flexibility index (Phi) is 6.24. The van der Waals surface area contributed by atoms with E-state index < -0.39 is 0 Å². The highest BCUT2D eigenvalue weighted by Gasteiger charge is 2.40. The van der Waals surface area contributed by atoms with Crippen molar-refractivity contribution in [2.75, 3.05) is 6.61 Å². The van der Waals surface area contributed by atoms with E-state index in [0.717, 1.165) is 17.5 Å². The normalized spacial score (nSPS) is 25.2. The third-order valence-corrected chi connectivity index (χ3v) is 5.86. The van der Waals surface area contributed by atoms with Crippen molar-refractivity contribution in [2.45, 2.75) is 45.4 Å². The lowest BCUT2D eigenvalue weighted by molar-refractivity contribution is -0.121. The largest absolute Gasteiger partial charge is 0.492 e. The van der Waals surface area contributed by atoms with Crippen LogP contribution in [0, 0.1) is 17.8 Å². The van der Waals surface area contributed by atoms with Crippen LogP contribution < -0.4 is 10.2 Å². The smallest absolute Gasteiger partial charge is 0.240 e. The molecular weight excluding hydrogens is 359 g/mol. The summed E-state index contributed by atoms with van der Waals surface area (Å²) in [5, 5.41) is 5.37. The predicted molar refractivity (Wildman–Crippen MR) is 101 cm³/mol. The quantitative estimate of drug-likeness (QED) is 0.406. The lowest BCUT2D eigenvalue weighted by atomic mass is 9.86. The zero-order chi connectivity index (χ0) is 17.8. The fourth-order valence-corrected chi connectivity index (χ4v) is 4.52. The molecule has 0 saturated heterocycles. The van der Waals surface area contributed by atoms with Crippen LogP contribution in [0.4, 0.5) is 0 Å². The molecule has 2 aliphatic rings. The number of carbonyl (C=O) groups excluding carboxylic acids is 1. The monoisotopic (exact) mass is 382 g/mol. The van der Waals surface area contributed by atoms with Gasteiger partial charge in [-0.25, -0.2) is 5.43 Å². The number of amides is 1. The van der Waals surface area contributed by atoms with E-state index >= 15 is 0 Å². The summed E-state index contributed by atoms with van der Waals surface area (Å²) in [7, 11) is 0. The molecule has 0 aromatic heterocycles.